The number of hydrogen-bond donors (Lipinski definition) is 3. The average Bonchev–Trinajstić information content (AvgIpc) is 2.56. The van der Waals surface area contributed by atoms with Gasteiger partial charge in [0.05, 0.1) is 0 Å². The topological polar surface area (TPSA) is 67.8 Å². The highest BCUT2D eigenvalue weighted by molar-refractivity contribution is 5.07. The van der Waals surface area contributed by atoms with Crippen molar-refractivity contribution in [3.8, 4) is 0 Å². The van der Waals surface area contributed by atoms with Gasteiger partial charge in [-0.05, 0) is 31.5 Å². The van der Waals surface area contributed by atoms with E-state index in [1.807, 2.05) is 18.3 Å². The molecule has 0 amide bonds. The number of nitrogens with one attached hydrogen (secondary N) is 1. The second-order valence-corrected chi connectivity index (χ2v) is 3.02. The van der Waals surface area contributed by atoms with Gasteiger partial charge in [0.2, 0.25) is 0 Å². The average molecular weight is 167 g/mol. The molecule has 68 valence electrons. The van der Waals surface area contributed by atoms with Crippen LogP contribution >= 0.6 is 0 Å². The van der Waals surface area contributed by atoms with Gasteiger partial charge < -0.3 is 16.5 Å². The van der Waals surface area contributed by atoms with Crippen LogP contribution in [0.4, 0.5) is 0 Å². The fourth-order valence-electron chi connectivity index (χ4n) is 1.24. The van der Waals surface area contributed by atoms with Crippen LogP contribution in [0.1, 0.15) is 31.0 Å². The van der Waals surface area contributed by atoms with Gasteiger partial charge in [-0.25, -0.2) is 0 Å². The lowest BCUT2D eigenvalue weighted by Crippen LogP contribution is -2.11. The third-order valence-electron chi connectivity index (χ3n) is 1.99. The summed E-state index contributed by atoms with van der Waals surface area (Å²) in [6.07, 6.45) is 5.08. The monoisotopic (exact) mass is 167 g/mol. The van der Waals surface area contributed by atoms with E-state index in [0.717, 1.165) is 31.5 Å². The molecule has 1 rings (SSSR count). The number of H-pyrrole nitrogens is 1. The molecule has 5 N–H and O–H groups in total. The number of aromatic nitrogens is 1. The predicted molar refractivity (Wildman–Crippen MR) is 50.6 cm³/mol. The lowest BCUT2D eigenvalue weighted by atomic mass is 10.1. The molecule has 0 aliphatic carbocycles. The van der Waals surface area contributed by atoms with Gasteiger partial charge in [0.15, 0.2) is 0 Å². The zero-order valence-electron chi connectivity index (χ0n) is 7.29. The molecule has 0 saturated heterocycles. The van der Waals surface area contributed by atoms with E-state index in [0.29, 0.717) is 0 Å². The quantitative estimate of drug-likeness (QED) is 0.576. The molecule has 12 heavy (non-hydrogen) atoms. The van der Waals surface area contributed by atoms with Gasteiger partial charge in [0, 0.05) is 17.9 Å². The molecule has 1 atom stereocenters. The van der Waals surface area contributed by atoms with Gasteiger partial charge in [0.25, 0.3) is 0 Å². The van der Waals surface area contributed by atoms with Gasteiger partial charge in [0.1, 0.15) is 0 Å². The fourth-order valence-corrected chi connectivity index (χ4v) is 1.24. The molecule has 0 aromatic carbocycles. The minimum Gasteiger partial charge on any atom is -0.364 e. The van der Waals surface area contributed by atoms with Crippen LogP contribution < -0.4 is 11.5 Å². The fraction of sp³-hybridized carbons (Fsp3) is 0.556. The molecule has 0 radical (unpaired) electrons. The van der Waals surface area contributed by atoms with E-state index in [1.54, 1.807) is 0 Å². The SMILES string of the molecule is NCCCC[C@@H](N)c1ccc[nH]1. The lowest BCUT2D eigenvalue weighted by Gasteiger charge is -2.08. The molecule has 3 heteroatoms. The van der Waals surface area contributed by atoms with Gasteiger partial charge in [-0.3, -0.25) is 0 Å². The zero-order chi connectivity index (χ0) is 8.81. The molecule has 1 aromatic rings. The normalized spacial score (nSPS) is 13.2. The van der Waals surface area contributed by atoms with Gasteiger partial charge in [-0.2, -0.15) is 0 Å². The number of rotatable bonds is 5. The van der Waals surface area contributed by atoms with Crippen molar-refractivity contribution < 1.29 is 0 Å². The van der Waals surface area contributed by atoms with E-state index < -0.39 is 0 Å². The summed E-state index contributed by atoms with van der Waals surface area (Å²) in [7, 11) is 0. The highest BCUT2D eigenvalue weighted by Gasteiger charge is 2.04. The first kappa shape index (κ1) is 9.29. The van der Waals surface area contributed by atoms with Gasteiger partial charge in [-0.1, -0.05) is 6.42 Å². The van der Waals surface area contributed by atoms with E-state index in [-0.39, 0.29) is 6.04 Å². The number of unbranched alkanes of at least 4 members (excludes halogenated alkanes) is 1. The zero-order valence-corrected chi connectivity index (χ0v) is 7.29. The van der Waals surface area contributed by atoms with Crippen LogP contribution in [-0.4, -0.2) is 11.5 Å². The van der Waals surface area contributed by atoms with Crippen LogP contribution in [0.15, 0.2) is 18.3 Å². The van der Waals surface area contributed by atoms with E-state index in [1.165, 1.54) is 0 Å². The molecular formula is C9H17N3. The van der Waals surface area contributed by atoms with Crippen molar-refractivity contribution in [3.05, 3.63) is 24.0 Å². The molecule has 0 fully saturated rings. The third-order valence-corrected chi connectivity index (χ3v) is 1.99. The van der Waals surface area contributed by atoms with E-state index >= 15 is 0 Å². The van der Waals surface area contributed by atoms with Gasteiger partial charge in [-0.15, -0.1) is 0 Å². The third kappa shape index (κ3) is 2.68. The summed E-state index contributed by atoms with van der Waals surface area (Å²) in [5.41, 5.74) is 12.4. The Labute approximate surface area is 73.1 Å². The molecule has 1 aromatic heterocycles. The summed E-state index contributed by atoms with van der Waals surface area (Å²) >= 11 is 0. The molecule has 0 spiro atoms. The Morgan fingerprint density at radius 1 is 1.42 bits per heavy atom. The second kappa shape index (κ2) is 4.95. The van der Waals surface area contributed by atoms with Gasteiger partial charge >= 0.3 is 0 Å². The van der Waals surface area contributed by atoms with E-state index in [4.69, 9.17) is 11.5 Å². The number of hydrogen-bond acceptors (Lipinski definition) is 2. The van der Waals surface area contributed by atoms with Crippen molar-refractivity contribution in [3.63, 3.8) is 0 Å². The molecular weight excluding hydrogens is 150 g/mol. The van der Waals surface area contributed by atoms with E-state index in [9.17, 15) is 0 Å². The highest BCUT2D eigenvalue weighted by Crippen LogP contribution is 2.13. The van der Waals surface area contributed by atoms with Crippen molar-refractivity contribution in [2.45, 2.75) is 25.3 Å². The van der Waals surface area contributed by atoms with Crippen LogP contribution in [0, 0.1) is 0 Å². The molecule has 0 unspecified atom stereocenters. The Hall–Kier alpha value is -0.800. The summed E-state index contributed by atoms with van der Waals surface area (Å²) in [5.74, 6) is 0. The Morgan fingerprint density at radius 2 is 2.25 bits per heavy atom. The van der Waals surface area contributed by atoms with Crippen molar-refractivity contribution in [2.75, 3.05) is 6.54 Å². The second-order valence-electron chi connectivity index (χ2n) is 3.02. The predicted octanol–water partition coefficient (Wildman–Crippen LogP) is 1.14. The number of nitrogens with two attached hydrogens (primary N) is 2. The van der Waals surface area contributed by atoms with Crippen LogP contribution in [0.2, 0.25) is 0 Å². The summed E-state index contributed by atoms with van der Waals surface area (Å²) < 4.78 is 0. The summed E-state index contributed by atoms with van der Waals surface area (Å²) in [4.78, 5) is 3.11. The van der Waals surface area contributed by atoms with Crippen molar-refractivity contribution >= 4 is 0 Å². The first-order chi connectivity index (χ1) is 5.84. The minimum atomic E-state index is 0.145. The van der Waals surface area contributed by atoms with Crippen LogP contribution in [0.5, 0.6) is 0 Å². The van der Waals surface area contributed by atoms with Crippen molar-refractivity contribution in [1.82, 2.24) is 4.98 Å². The maximum Gasteiger partial charge on any atom is 0.0447 e. The largest absolute Gasteiger partial charge is 0.364 e. The first-order valence-corrected chi connectivity index (χ1v) is 4.43. The Bertz CT molecular complexity index is 194. The smallest absolute Gasteiger partial charge is 0.0447 e. The lowest BCUT2D eigenvalue weighted by molar-refractivity contribution is 0.582. The molecule has 0 aliphatic heterocycles. The van der Waals surface area contributed by atoms with Crippen LogP contribution in [0.25, 0.3) is 0 Å². The maximum absolute atomic E-state index is 5.91. The van der Waals surface area contributed by atoms with Crippen LogP contribution in [0.3, 0.4) is 0 Å². The maximum atomic E-state index is 5.91. The molecule has 0 aliphatic rings. The summed E-state index contributed by atoms with van der Waals surface area (Å²) in [6.45, 7) is 0.761. The van der Waals surface area contributed by atoms with Crippen molar-refractivity contribution in [1.29, 1.82) is 0 Å². The van der Waals surface area contributed by atoms with Crippen molar-refractivity contribution in [2.24, 2.45) is 11.5 Å². The summed E-state index contributed by atoms with van der Waals surface area (Å²) in [5, 5.41) is 0. The number of aromatic amines is 1. The molecule has 0 saturated carbocycles. The Balaban J connectivity index is 2.25. The highest BCUT2D eigenvalue weighted by atomic mass is 14.8. The van der Waals surface area contributed by atoms with E-state index in [2.05, 4.69) is 4.98 Å². The molecule has 3 nitrogen and oxygen atoms in total. The van der Waals surface area contributed by atoms with Crippen LogP contribution in [-0.2, 0) is 0 Å². The Kier molecular flexibility index (Phi) is 3.84. The molecule has 1 heterocycles. The molecule has 0 bridgehead atoms. The Morgan fingerprint density at radius 3 is 2.83 bits per heavy atom. The first-order valence-electron chi connectivity index (χ1n) is 4.43. The summed E-state index contributed by atoms with van der Waals surface area (Å²) in [6, 6.07) is 4.14. The standard InChI is InChI=1S/C9H17N3/c10-6-2-1-4-8(11)9-5-3-7-12-9/h3,5,7-8,12H,1-2,4,6,10-11H2/t8-/m1/s1. The minimum absolute atomic E-state index is 0.145.